The zero-order chi connectivity index (χ0) is 11.4. The van der Waals surface area contributed by atoms with Crippen LogP contribution in [0, 0.1) is 0 Å². The van der Waals surface area contributed by atoms with Gasteiger partial charge in [-0.1, -0.05) is 0 Å². The highest BCUT2D eigenvalue weighted by atomic mass is 16.5. The largest absolute Gasteiger partial charge is 0.453 e. The Balaban J connectivity index is 2.39. The molecule has 1 unspecified atom stereocenters. The van der Waals surface area contributed by atoms with Crippen molar-refractivity contribution < 1.29 is 14.3 Å². The van der Waals surface area contributed by atoms with Gasteiger partial charge in [0, 0.05) is 13.1 Å². The van der Waals surface area contributed by atoms with Gasteiger partial charge in [0.25, 0.3) is 0 Å². The molecule has 1 heterocycles. The number of hydrogen-bond acceptors (Lipinski definition) is 4. The lowest BCUT2D eigenvalue weighted by molar-refractivity contribution is -0.131. The molecule has 1 fully saturated rings. The highest BCUT2D eigenvalue weighted by Gasteiger charge is 2.28. The minimum Gasteiger partial charge on any atom is -0.453 e. The highest BCUT2D eigenvalue weighted by molar-refractivity contribution is 5.81. The molecule has 15 heavy (non-hydrogen) atoms. The minimum absolute atomic E-state index is 0.0276. The molecular formula is C9H17N3O3. The Hall–Kier alpha value is -1.30. The van der Waals surface area contributed by atoms with Crippen LogP contribution >= 0.6 is 0 Å². The Bertz CT molecular complexity index is 255. The van der Waals surface area contributed by atoms with Crippen molar-refractivity contribution in [2.24, 2.45) is 5.73 Å². The van der Waals surface area contributed by atoms with Crippen molar-refractivity contribution in [2.45, 2.75) is 25.4 Å². The summed E-state index contributed by atoms with van der Waals surface area (Å²) >= 11 is 0. The Kier molecular flexibility index (Phi) is 3.90. The number of amides is 2. The van der Waals surface area contributed by atoms with Gasteiger partial charge < -0.3 is 20.7 Å². The van der Waals surface area contributed by atoms with Crippen LogP contribution in [0.1, 0.15) is 13.3 Å². The van der Waals surface area contributed by atoms with E-state index in [-0.39, 0.29) is 11.9 Å². The van der Waals surface area contributed by atoms with E-state index in [1.54, 1.807) is 11.8 Å². The average molecular weight is 215 g/mol. The number of carbonyl (C=O) groups excluding carboxylic acids is 2. The van der Waals surface area contributed by atoms with Crippen molar-refractivity contribution in [1.82, 2.24) is 10.2 Å². The fourth-order valence-corrected chi connectivity index (χ4v) is 1.59. The number of nitrogens with zero attached hydrogens (tertiary/aromatic N) is 1. The van der Waals surface area contributed by atoms with E-state index >= 15 is 0 Å². The third-order valence-electron chi connectivity index (χ3n) is 2.40. The summed E-state index contributed by atoms with van der Waals surface area (Å²) < 4.78 is 4.48. The van der Waals surface area contributed by atoms with E-state index in [9.17, 15) is 9.59 Å². The number of rotatable bonds is 2. The van der Waals surface area contributed by atoms with Crippen molar-refractivity contribution in [1.29, 1.82) is 0 Å². The number of likely N-dealkylation sites (tertiary alicyclic amines) is 1. The quantitative estimate of drug-likeness (QED) is 0.637. The Labute approximate surface area is 88.7 Å². The van der Waals surface area contributed by atoms with Crippen LogP contribution in [0.15, 0.2) is 0 Å². The fourth-order valence-electron chi connectivity index (χ4n) is 1.59. The van der Waals surface area contributed by atoms with E-state index in [4.69, 9.17) is 5.73 Å². The standard InChI is InChI=1S/C9H17N3O3/c1-6(10)8(13)12-4-3-7(5-12)11-9(14)15-2/h6-7H,3-5,10H2,1-2H3,(H,11,14)/t6-,7?/m0/s1. The number of nitrogens with one attached hydrogen (secondary N) is 1. The first-order chi connectivity index (χ1) is 7.04. The van der Waals surface area contributed by atoms with Crippen LogP contribution in [0.25, 0.3) is 0 Å². The van der Waals surface area contributed by atoms with Gasteiger partial charge in [-0.05, 0) is 13.3 Å². The summed E-state index contributed by atoms with van der Waals surface area (Å²) in [6.45, 7) is 2.80. The second kappa shape index (κ2) is 4.97. The first kappa shape index (κ1) is 11.8. The average Bonchev–Trinajstić information content (AvgIpc) is 2.64. The SMILES string of the molecule is COC(=O)NC1CCN(C(=O)[C@H](C)N)C1. The molecule has 0 aliphatic carbocycles. The molecule has 2 amide bonds. The van der Waals surface area contributed by atoms with Crippen LogP contribution in [0.5, 0.6) is 0 Å². The number of alkyl carbamates (subject to hydrolysis) is 1. The zero-order valence-corrected chi connectivity index (χ0v) is 9.03. The van der Waals surface area contributed by atoms with Crippen LogP contribution in [0.2, 0.25) is 0 Å². The maximum atomic E-state index is 11.5. The van der Waals surface area contributed by atoms with E-state index in [2.05, 4.69) is 10.1 Å². The van der Waals surface area contributed by atoms with Crippen molar-refractivity contribution in [3.05, 3.63) is 0 Å². The summed E-state index contributed by atoms with van der Waals surface area (Å²) in [4.78, 5) is 24.1. The molecule has 1 aliphatic rings. The summed E-state index contributed by atoms with van der Waals surface area (Å²) in [5, 5.41) is 2.66. The fraction of sp³-hybridized carbons (Fsp3) is 0.778. The number of methoxy groups -OCH3 is 1. The van der Waals surface area contributed by atoms with Gasteiger partial charge in [0.1, 0.15) is 0 Å². The second-order valence-electron chi connectivity index (χ2n) is 3.69. The summed E-state index contributed by atoms with van der Waals surface area (Å²) in [5.74, 6) is -0.0795. The molecule has 6 nitrogen and oxygen atoms in total. The molecule has 86 valence electrons. The molecule has 0 radical (unpaired) electrons. The van der Waals surface area contributed by atoms with Crippen LogP contribution in [-0.4, -0.2) is 49.2 Å². The molecule has 0 aromatic carbocycles. The summed E-state index contributed by atoms with van der Waals surface area (Å²) in [6.07, 6.45) is 0.281. The molecule has 1 aliphatic heterocycles. The van der Waals surface area contributed by atoms with Gasteiger partial charge in [-0.25, -0.2) is 4.79 Å². The maximum absolute atomic E-state index is 11.5. The van der Waals surface area contributed by atoms with Gasteiger partial charge in [-0.2, -0.15) is 0 Å². The van der Waals surface area contributed by atoms with Gasteiger partial charge in [0.2, 0.25) is 5.91 Å². The third kappa shape index (κ3) is 3.09. The van der Waals surface area contributed by atoms with Crippen molar-refractivity contribution in [3.8, 4) is 0 Å². The number of ether oxygens (including phenoxy) is 1. The van der Waals surface area contributed by atoms with E-state index in [0.29, 0.717) is 13.1 Å². The molecule has 0 spiro atoms. The van der Waals surface area contributed by atoms with E-state index in [0.717, 1.165) is 6.42 Å². The minimum atomic E-state index is -0.484. The van der Waals surface area contributed by atoms with Crippen LogP contribution in [0.3, 0.4) is 0 Å². The Morgan fingerprint density at radius 2 is 2.27 bits per heavy atom. The Morgan fingerprint density at radius 3 is 2.80 bits per heavy atom. The lowest BCUT2D eigenvalue weighted by Gasteiger charge is -2.18. The van der Waals surface area contributed by atoms with Crippen LogP contribution in [0.4, 0.5) is 4.79 Å². The van der Waals surface area contributed by atoms with Gasteiger partial charge in [0.15, 0.2) is 0 Å². The first-order valence-electron chi connectivity index (χ1n) is 4.93. The summed E-state index contributed by atoms with van der Waals surface area (Å²) in [6, 6.07) is -0.512. The lowest BCUT2D eigenvalue weighted by Crippen LogP contribution is -2.43. The molecule has 1 saturated heterocycles. The highest BCUT2D eigenvalue weighted by Crippen LogP contribution is 2.10. The first-order valence-corrected chi connectivity index (χ1v) is 4.93. The van der Waals surface area contributed by atoms with Crippen LogP contribution in [-0.2, 0) is 9.53 Å². The number of carbonyl (C=O) groups is 2. The lowest BCUT2D eigenvalue weighted by atomic mass is 10.3. The van der Waals surface area contributed by atoms with E-state index < -0.39 is 12.1 Å². The zero-order valence-electron chi connectivity index (χ0n) is 9.03. The van der Waals surface area contributed by atoms with Crippen LogP contribution < -0.4 is 11.1 Å². The third-order valence-corrected chi connectivity index (χ3v) is 2.40. The second-order valence-corrected chi connectivity index (χ2v) is 3.69. The molecule has 6 heteroatoms. The van der Waals surface area contributed by atoms with Gasteiger partial charge in [-0.15, -0.1) is 0 Å². The molecular weight excluding hydrogens is 198 g/mol. The molecule has 0 saturated carbocycles. The summed E-state index contributed by atoms with van der Waals surface area (Å²) in [7, 11) is 1.31. The Morgan fingerprint density at radius 1 is 1.60 bits per heavy atom. The molecule has 1 rings (SSSR count). The smallest absolute Gasteiger partial charge is 0.407 e. The maximum Gasteiger partial charge on any atom is 0.407 e. The van der Waals surface area contributed by atoms with E-state index in [1.165, 1.54) is 7.11 Å². The normalized spacial score (nSPS) is 22.3. The predicted molar refractivity (Wildman–Crippen MR) is 54.2 cm³/mol. The summed E-state index contributed by atoms with van der Waals surface area (Å²) in [5.41, 5.74) is 5.49. The van der Waals surface area contributed by atoms with E-state index in [1.807, 2.05) is 0 Å². The molecule has 3 N–H and O–H groups in total. The molecule has 0 aromatic heterocycles. The monoisotopic (exact) mass is 215 g/mol. The van der Waals surface area contributed by atoms with Crippen molar-refractivity contribution in [3.63, 3.8) is 0 Å². The van der Waals surface area contributed by atoms with Gasteiger partial charge in [0.05, 0.1) is 19.2 Å². The predicted octanol–water partition coefficient (Wildman–Crippen LogP) is -0.709. The molecule has 0 bridgehead atoms. The topological polar surface area (TPSA) is 84.7 Å². The van der Waals surface area contributed by atoms with Gasteiger partial charge >= 0.3 is 6.09 Å². The molecule has 0 aromatic rings. The van der Waals surface area contributed by atoms with Gasteiger partial charge in [-0.3, -0.25) is 4.79 Å². The number of nitrogens with two attached hydrogens (primary N) is 1. The van der Waals surface area contributed by atoms with Crippen molar-refractivity contribution in [2.75, 3.05) is 20.2 Å². The number of hydrogen-bond donors (Lipinski definition) is 2. The molecule has 2 atom stereocenters. The van der Waals surface area contributed by atoms with Crippen molar-refractivity contribution >= 4 is 12.0 Å².